The van der Waals surface area contributed by atoms with E-state index in [2.05, 4.69) is 9.97 Å². The highest BCUT2D eigenvalue weighted by Gasteiger charge is 2.36. The smallest absolute Gasteiger partial charge is 0.263 e. The zero-order chi connectivity index (χ0) is 23.7. The van der Waals surface area contributed by atoms with Crippen LogP contribution in [0.25, 0.3) is 11.0 Å². The SMILES string of the molecule is COc1nc(Cl)nc2c1c(COCc1ccccc1)nn2C(c1ccc(C(F)F)cc1)C1CC1. The van der Waals surface area contributed by atoms with Crippen molar-refractivity contribution in [3.05, 3.63) is 82.3 Å². The fourth-order valence-electron chi connectivity index (χ4n) is 4.20. The van der Waals surface area contributed by atoms with Crippen LogP contribution < -0.4 is 4.74 Å². The van der Waals surface area contributed by atoms with Gasteiger partial charge in [0.25, 0.3) is 6.43 Å². The summed E-state index contributed by atoms with van der Waals surface area (Å²) >= 11 is 6.21. The molecule has 1 unspecified atom stereocenters. The van der Waals surface area contributed by atoms with Gasteiger partial charge in [0.15, 0.2) is 5.65 Å². The number of fused-ring (bicyclic) bond motifs is 1. The minimum atomic E-state index is -2.51. The highest BCUT2D eigenvalue weighted by molar-refractivity contribution is 6.28. The lowest BCUT2D eigenvalue weighted by molar-refractivity contribution is 0.104. The average molecular weight is 485 g/mol. The lowest BCUT2D eigenvalue weighted by Gasteiger charge is -2.19. The van der Waals surface area contributed by atoms with E-state index in [0.29, 0.717) is 35.1 Å². The van der Waals surface area contributed by atoms with Gasteiger partial charge < -0.3 is 9.47 Å². The number of rotatable bonds is 9. The van der Waals surface area contributed by atoms with Gasteiger partial charge in [0.1, 0.15) is 11.1 Å². The number of aromatic nitrogens is 4. The fourth-order valence-corrected chi connectivity index (χ4v) is 4.35. The molecule has 5 rings (SSSR count). The first-order valence-corrected chi connectivity index (χ1v) is 11.4. The van der Waals surface area contributed by atoms with Crippen LogP contribution in [0.1, 0.15) is 47.7 Å². The second kappa shape index (κ2) is 9.64. The molecular formula is C25H23ClF2N4O2. The van der Waals surface area contributed by atoms with Gasteiger partial charge in [-0.2, -0.15) is 15.1 Å². The number of halogens is 3. The predicted molar refractivity (Wildman–Crippen MR) is 124 cm³/mol. The maximum absolute atomic E-state index is 13.1. The molecule has 1 atom stereocenters. The summed E-state index contributed by atoms with van der Waals surface area (Å²) in [4.78, 5) is 8.70. The van der Waals surface area contributed by atoms with Gasteiger partial charge in [0, 0.05) is 5.56 Å². The molecule has 2 aromatic carbocycles. The van der Waals surface area contributed by atoms with Crippen molar-refractivity contribution in [1.82, 2.24) is 19.7 Å². The maximum atomic E-state index is 13.1. The Labute approximate surface area is 200 Å². The molecule has 34 heavy (non-hydrogen) atoms. The summed E-state index contributed by atoms with van der Waals surface area (Å²) in [7, 11) is 1.52. The van der Waals surface area contributed by atoms with Crippen molar-refractivity contribution in [3.63, 3.8) is 0 Å². The zero-order valence-corrected chi connectivity index (χ0v) is 19.3. The number of methoxy groups -OCH3 is 1. The average Bonchev–Trinajstić information content (AvgIpc) is 3.62. The Bertz CT molecular complexity index is 1280. The normalized spacial score (nSPS) is 14.6. The first-order valence-electron chi connectivity index (χ1n) is 11.0. The van der Waals surface area contributed by atoms with Crippen LogP contribution in [-0.2, 0) is 18.0 Å². The molecule has 4 aromatic rings. The molecule has 0 bridgehead atoms. The first-order chi connectivity index (χ1) is 16.5. The van der Waals surface area contributed by atoms with Crippen LogP contribution in [0.4, 0.5) is 8.78 Å². The summed E-state index contributed by atoms with van der Waals surface area (Å²) < 4.78 is 39.5. The van der Waals surface area contributed by atoms with E-state index in [1.807, 2.05) is 35.0 Å². The van der Waals surface area contributed by atoms with E-state index in [1.54, 1.807) is 12.1 Å². The fraction of sp³-hybridized carbons (Fsp3) is 0.320. The maximum Gasteiger partial charge on any atom is 0.263 e. The van der Waals surface area contributed by atoms with Gasteiger partial charge in [0.05, 0.1) is 26.4 Å². The Kier molecular flexibility index (Phi) is 6.43. The highest BCUT2D eigenvalue weighted by atomic mass is 35.5. The zero-order valence-electron chi connectivity index (χ0n) is 18.5. The van der Waals surface area contributed by atoms with Gasteiger partial charge in [-0.15, -0.1) is 0 Å². The van der Waals surface area contributed by atoms with Crippen LogP contribution in [0.2, 0.25) is 5.28 Å². The second-order valence-electron chi connectivity index (χ2n) is 8.32. The van der Waals surface area contributed by atoms with Crippen LogP contribution in [0.15, 0.2) is 54.6 Å². The van der Waals surface area contributed by atoms with E-state index in [-0.39, 0.29) is 23.5 Å². The molecule has 2 heterocycles. The molecule has 1 fully saturated rings. The van der Waals surface area contributed by atoms with Crippen LogP contribution in [0, 0.1) is 5.92 Å². The van der Waals surface area contributed by atoms with Crippen molar-refractivity contribution in [3.8, 4) is 5.88 Å². The van der Waals surface area contributed by atoms with Crippen LogP contribution in [0.5, 0.6) is 5.88 Å². The second-order valence-corrected chi connectivity index (χ2v) is 8.66. The Hall–Kier alpha value is -3.10. The summed E-state index contributed by atoms with van der Waals surface area (Å²) in [5.41, 5.74) is 3.10. The summed E-state index contributed by atoms with van der Waals surface area (Å²) in [6.07, 6.45) is -0.486. The monoisotopic (exact) mass is 484 g/mol. The Morgan fingerprint density at radius 2 is 1.71 bits per heavy atom. The summed E-state index contributed by atoms with van der Waals surface area (Å²) in [6, 6.07) is 16.1. The number of nitrogens with zero attached hydrogens (tertiary/aromatic N) is 4. The summed E-state index contributed by atoms with van der Waals surface area (Å²) in [5.74, 6) is 0.639. The van der Waals surface area contributed by atoms with Gasteiger partial charge in [-0.25, -0.2) is 13.5 Å². The Morgan fingerprint density at radius 3 is 2.35 bits per heavy atom. The van der Waals surface area contributed by atoms with E-state index in [0.717, 1.165) is 24.0 Å². The molecule has 9 heteroatoms. The molecule has 0 saturated heterocycles. The Morgan fingerprint density at radius 1 is 1.00 bits per heavy atom. The van der Waals surface area contributed by atoms with E-state index in [4.69, 9.17) is 26.2 Å². The van der Waals surface area contributed by atoms with Crippen LogP contribution in [0.3, 0.4) is 0 Å². The summed E-state index contributed by atoms with van der Waals surface area (Å²) in [5, 5.41) is 5.55. The van der Waals surface area contributed by atoms with E-state index in [1.165, 1.54) is 19.2 Å². The Balaban J connectivity index is 1.54. The van der Waals surface area contributed by atoms with Crippen molar-refractivity contribution >= 4 is 22.6 Å². The third kappa shape index (κ3) is 4.60. The predicted octanol–water partition coefficient (Wildman–Crippen LogP) is 6.14. The van der Waals surface area contributed by atoms with Crippen molar-refractivity contribution in [2.24, 2.45) is 5.92 Å². The van der Waals surface area contributed by atoms with Crippen molar-refractivity contribution < 1.29 is 18.3 Å². The molecule has 1 aliphatic carbocycles. The molecule has 0 N–H and O–H groups in total. The molecular weight excluding hydrogens is 462 g/mol. The van der Waals surface area contributed by atoms with E-state index < -0.39 is 6.43 Å². The largest absolute Gasteiger partial charge is 0.480 e. The minimum absolute atomic E-state index is 0.00865. The minimum Gasteiger partial charge on any atom is -0.480 e. The molecule has 0 aliphatic heterocycles. The van der Waals surface area contributed by atoms with Gasteiger partial charge in [-0.1, -0.05) is 54.6 Å². The molecule has 2 aromatic heterocycles. The third-order valence-corrected chi connectivity index (χ3v) is 6.14. The van der Waals surface area contributed by atoms with Crippen molar-refractivity contribution in [2.75, 3.05) is 7.11 Å². The standard InChI is InChI=1S/C25H23ClF2N4O2/c1-33-24-20-19(14-34-13-15-5-3-2-4-6-15)31-32(23(20)29-25(26)30-24)21(16-7-8-16)17-9-11-18(12-10-17)22(27)28/h2-6,9-12,16,21-22H,7-8,13-14H2,1H3. The number of benzene rings is 2. The van der Waals surface area contributed by atoms with Crippen LogP contribution >= 0.6 is 11.6 Å². The van der Waals surface area contributed by atoms with Gasteiger partial charge in [-0.05, 0) is 41.5 Å². The van der Waals surface area contributed by atoms with Crippen LogP contribution in [-0.4, -0.2) is 26.9 Å². The molecule has 0 amide bonds. The third-order valence-electron chi connectivity index (χ3n) is 5.97. The molecule has 6 nitrogen and oxygen atoms in total. The van der Waals surface area contributed by atoms with Gasteiger partial charge in [-0.3, -0.25) is 0 Å². The highest BCUT2D eigenvalue weighted by Crippen LogP contribution is 2.45. The number of ether oxygens (including phenoxy) is 2. The quantitative estimate of drug-likeness (QED) is 0.267. The molecule has 0 radical (unpaired) electrons. The first kappa shape index (κ1) is 22.7. The molecule has 176 valence electrons. The number of hydrogen-bond donors (Lipinski definition) is 0. The van der Waals surface area contributed by atoms with E-state index in [9.17, 15) is 8.78 Å². The summed E-state index contributed by atoms with van der Waals surface area (Å²) in [6.45, 7) is 0.647. The van der Waals surface area contributed by atoms with Crippen molar-refractivity contribution in [2.45, 2.75) is 38.5 Å². The lowest BCUT2D eigenvalue weighted by Crippen LogP contribution is -2.15. The number of alkyl halides is 2. The van der Waals surface area contributed by atoms with E-state index >= 15 is 0 Å². The molecule has 1 aliphatic rings. The molecule has 0 spiro atoms. The van der Waals surface area contributed by atoms with Gasteiger partial charge >= 0.3 is 0 Å². The topological polar surface area (TPSA) is 62.1 Å². The van der Waals surface area contributed by atoms with Gasteiger partial charge in [0.2, 0.25) is 11.2 Å². The number of hydrogen-bond acceptors (Lipinski definition) is 5. The van der Waals surface area contributed by atoms with Crippen molar-refractivity contribution in [1.29, 1.82) is 0 Å². The molecule has 1 saturated carbocycles. The lowest BCUT2D eigenvalue weighted by atomic mass is 10.0.